The van der Waals surface area contributed by atoms with Crippen molar-refractivity contribution in [2.75, 3.05) is 21.3 Å². The molecule has 3 nitrogen and oxygen atoms in total. The fraction of sp³-hybridized carbons (Fsp3) is 0.294. The van der Waals surface area contributed by atoms with Crippen molar-refractivity contribution < 1.29 is 13.9 Å². The minimum atomic E-state index is -0.288. The number of halogens is 1. The topological polar surface area (TPSA) is 30.5 Å². The third-order valence-electron chi connectivity index (χ3n) is 3.60. The highest BCUT2D eigenvalue weighted by Crippen LogP contribution is 2.30. The molecule has 0 heterocycles. The van der Waals surface area contributed by atoms with Crippen LogP contribution in [0, 0.1) is 12.7 Å². The van der Waals surface area contributed by atoms with Crippen LogP contribution in [0.3, 0.4) is 0 Å². The molecule has 0 amide bonds. The number of ether oxygens (including phenoxy) is 2. The second-order valence-electron chi connectivity index (χ2n) is 4.83. The molecule has 0 saturated carbocycles. The Morgan fingerprint density at radius 1 is 0.952 bits per heavy atom. The lowest BCUT2D eigenvalue weighted by atomic mass is 9.94. The molecule has 0 bridgehead atoms. The lowest BCUT2D eigenvalue weighted by Crippen LogP contribution is -2.20. The van der Waals surface area contributed by atoms with Crippen LogP contribution < -0.4 is 14.8 Å². The van der Waals surface area contributed by atoms with Crippen LogP contribution in [0.15, 0.2) is 36.4 Å². The van der Waals surface area contributed by atoms with Crippen molar-refractivity contribution >= 4 is 0 Å². The molecule has 1 unspecified atom stereocenters. The maximum absolute atomic E-state index is 14.3. The molecular formula is C17H20FNO2. The maximum Gasteiger partial charge on any atom is 0.132 e. The van der Waals surface area contributed by atoms with Crippen molar-refractivity contribution in [3.8, 4) is 11.5 Å². The van der Waals surface area contributed by atoms with Crippen molar-refractivity contribution in [2.24, 2.45) is 0 Å². The molecule has 0 fully saturated rings. The van der Waals surface area contributed by atoms with Gasteiger partial charge in [0.2, 0.25) is 0 Å². The quantitative estimate of drug-likeness (QED) is 0.914. The van der Waals surface area contributed by atoms with Crippen LogP contribution in [0.2, 0.25) is 0 Å². The van der Waals surface area contributed by atoms with E-state index in [0.29, 0.717) is 11.3 Å². The molecule has 2 aromatic rings. The number of rotatable bonds is 5. The molecule has 0 aromatic heterocycles. The minimum absolute atomic E-state index is 0.221. The van der Waals surface area contributed by atoms with Gasteiger partial charge >= 0.3 is 0 Å². The predicted molar refractivity (Wildman–Crippen MR) is 81.6 cm³/mol. The summed E-state index contributed by atoms with van der Waals surface area (Å²) < 4.78 is 24.6. The van der Waals surface area contributed by atoms with Gasteiger partial charge in [0.1, 0.15) is 17.3 Å². The minimum Gasteiger partial charge on any atom is -0.497 e. The first-order valence-corrected chi connectivity index (χ1v) is 6.76. The number of aryl methyl sites for hydroxylation is 1. The molecule has 0 saturated heterocycles. The molecule has 1 N–H and O–H groups in total. The van der Waals surface area contributed by atoms with E-state index in [2.05, 4.69) is 5.32 Å². The maximum atomic E-state index is 14.3. The van der Waals surface area contributed by atoms with Crippen LogP contribution in [0.1, 0.15) is 22.7 Å². The third-order valence-corrected chi connectivity index (χ3v) is 3.60. The van der Waals surface area contributed by atoms with Gasteiger partial charge in [-0.15, -0.1) is 0 Å². The smallest absolute Gasteiger partial charge is 0.132 e. The van der Waals surface area contributed by atoms with Crippen LogP contribution in [-0.4, -0.2) is 21.3 Å². The molecule has 0 spiro atoms. The molecule has 112 valence electrons. The third kappa shape index (κ3) is 3.16. The Labute approximate surface area is 124 Å². The number of benzene rings is 2. The summed E-state index contributed by atoms with van der Waals surface area (Å²) in [4.78, 5) is 0. The highest BCUT2D eigenvalue weighted by molar-refractivity contribution is 5.42. The summed E-state index contributed by atoms with van der Waals surface area (Å²) in [6.45, 7) is 1.99. The predicted octanol–water partition coefficient (Wildman–Crippen LogP) is 3.46. The summed E-state index contributed by atoms with van der Waals surface area (Å²) in [5.74, 6) is 1.02. The Morgan fingerprint density at radius 2 is 1.52 bits per heavy atom. The van der Waals surface area contributed by atoms with Crippen LogP contribution in [0.4, 0.5) is 4.39 Å². The summed E-state index contributed by atoms with van der Waals surface area (Å²) in [5, 5.41) is 3.17. The first-order chi connectivity index (χ1) is 10.1. The van der Waals surface area contributed by atoms with Crippen LogP contribution in [0.5, 0.6) is 11.5 Å². The molecule has 0 aliphatic rings. The van der Waals surface area contributed by atoms with E-state index in [1.165, 1.54) is 13.2 Å². The lowest BCUT2D eigenvalue weighted by molar-refractivity contribution is 0.410. The molecule has 0 radical (unpaired) electrons. The van der Waals surface area contributed by atoms with Gasteiger partial charge in [-0.25, -0.2) is 4.39 Å². The molecule has 0 aliphatic carbocycles. The lowest BCUT2D eigenvalue weighted by Gasteiger charge is -2.21. The van der Waals surface area contributed by atoms with Crippen LogP contribution >= 0.6 is 0 Å². The number of nitrogens with one attached hydrogen (secondary N) is 1. The van der Waals surface area contributed by atoms with Gasteiger partial charge in [0.15, 0.2) is 0 Å². The Kier molecular flexibility index (Phi) is 4.81. The molecule has 21 heavy (non-hydrogen) atoms. The van der Waals surface area contributed by atoms with E-state index in [1.54, 1.807) is 19.2 Å². The monoisotopic (exact) mass is 289 g/mol. The van der Waals surface area contributed by atoms with Crippen molar-refractivity contribution in [1.82, 2.24) is 5.32 Å². The standard InChI is InChI=1S/C17H20FNO2/c1-11-9-12(20-3)5-7-14(11)17(19-2)15-8-6-13(21-4)10-16(15)18/h5-10,17,19H,1-4H3. The van der Waals surface area contributed by atoms with Gasteiger partial charge in [0.05, 0.1) is 20.3 Å². The highest BCUT2D eigenvalue weighted by Gasteiger charge is 2.18. The van der Waals surface area contributed by atoms with E-state index in [9.17, 15) is 4.39 Å². The summed E-state index contributed by atoms with van der Waals surface area (Å²) in [5.41, 5.74) is 2.65. The molecular weight excluding hydrogens is 269 g/mol. The van der Waals surface area contributed by atoms with E-state index in [0.717, 1.165) is 16.9 Å². The van der Waals surface area contributed by atoms with Crippen LogP contribution in [-0.2, 0) is 0 Å². The molecule has 0 aliphatic heterocycles. The first-order valence-electron chi connectivity index (χ1n) is 6.76. The van der Waals surface area contributed by atoms with E-state index in [-0.39, 0.29) is 11.9 Å². The summed E-state index contributed by atoms with van der Waals surface area (Å²) in [7, 11) is 4.97. The van der Waals surface area contributed by atoms with Gasteiger partial charge in [0.25, 0.3) is 0 Å². The number of hydrogen-bond acceptors (Lipinski definition) is 3. The molecule has 2 aromatic carbocycles. The average molecular weight is 289 g/mol. The Bertz CT molecular complexity index is 575. The van der Waals surface area contributed by atoms with E-state index in [1.807, 2.05) is 32.2 Å². The van der Waals surface area contributed by atoms with Gasteiger partial charge in [-0.2, -0.15) is 0 Å². The van der Waals surface area contributed by atoms with Gasteiger partial charge < -0.3 is 14.8 Å². The van der Waals surface area contributed by atoms with Gasteiger partial charge in [-0.05, 0) is 43.3 Å². The highest BCUT2D eigenvalue weighted by atomic mass is 19.1. The normalized spacial score (nSPS) is 12.0. The zero-order valence-corrected chi connectivity index (χ0v) is 12.7. The first kappa shape index (κ1) is 15.3. The van der Waals surface area contributed by atoms with E-state index in [4.69, 9.17) is 9.47 Å². The van der Waals surface area contributed by atoms with Crippen molar-refractivity contribution in [2.45, 2.75) is 13.0 Å². The van der Waals surface area contributed by atoms with Gasteiger partial charge in [-0.1, -0.05) is 12.1 Å². The SMILES string of the molecule is CNC(c1ccc(OC)cc1C)c1ccc(OC)cc1F. The second-order valence-corrected chi connectivity index (χ2v) is 4.83. The Morgan fingerprint density at radius 3 is 2.00 bits per heavy atom. The number of hydrogen-bond donors (Lipinski definition) is 1. The average Bonchev–Trinajstić information content (AvgIpc) is 2.50. The Hall–Kier alpha value is -2.07. The largest absolute Gasteiger partial charge is 0.497 e. The fourth-order valence-corrected chi connectivity index (χ4v) is 2.45. The Balaban J connectivity index is 2.44. The number of methoxy groups -OCH3 is 2. The summed E-state index contributed by atoms with van der Waals surface area (Å²) in [6, 6.07) is 10.5. The summed E-state index contributed by atoms with van der Waals surface area (Å²) in [6.07, 6.45) is 0. The van der Waals surface area contributed by atoms with Gasteiger partial charge in [-0.3, -0.25) is 0 Å². The fourth-order valence-electron chi connectivity index (χ4n) is 2.45. The van der Waals surface area contributed by atoms with E-state index >= 15 is 0 Å². The van der Waals surface area contributed by atoms with Crippen molar-refractivity contribution in [1.29, 1.82) is 0 Å². The molecule has 4 heteroatoms. The van der Waals surface area contributed by atoms with Crippen molar-refractivity contribution in [3.63, 3.8) is 0 Å². The zero-order chi connectivity index (χ0) is 15.4. The summed E-state index contributed by atoms with van der Waals surface area (Å²) >= 11 is 0. The van der Waals surface area contributed by atoms with E-state index < -0.39 is 0 Å². The van der Waals surface area contributed by atoms with Crippen molar-refractivity contribution in [3.05, 3.63) is 58.9 Å². The van der Waals surface area contributed by atoms with Crippen LogP contribution in [0.25, 0.3) is 0 Å². The molecule has 2 rings (SSSR count). The molecule has 1 atom stereocenters. The van der Waals surface area contributed by atoms with Gasteiger partial charge in [0, 0.05) is 11.6 Å². The second kappa shape index (κ2) is 6.59. The zero-order valence-electron chi connectivity index (χ0n) is 12.7.